The van der Waals surface area contributed by atoms with E-state index in [4.69, 9.17) is 23.2 Å². The van der Waals surface area contributed by atoms with E-state index in [2.05, 4.69) is 0 Å². The molecule has 0 unspecified atom stereocenters. The van der Waals surface area contributed by atoms with Crippen LogP contribution < -0.4 is 0 Å². The van der Waals surface area contributed by atoms with Gasteiger partial charge in [0.25, 0.3) is 11.4 Å². The molecule has 0 bridgehead atoms. The van der Waals surface area contributed by atoms with Crippen molar-refractivity contribution >= 4 is 45.4 Å². The van der Waals surface area contributed by atoms with E-state index in [1.807, 2.05) is 0 Å². The average Bonchev–Trinajstić information content (AvgIpc) is 2.84. The lowest BCUT2D eigenvalue weighted by atomic mass is 10.1. The molecule has 4 aromatic rings. The normalized spacial score (nSPS) is 10.9. The molecule has 34 heavy (non-hydrogen) atoms. The van der Waals surface area contributed by atoms with Crippen LogP contribution in [0.25, 0.3) is 22.3 Å². The Hall–Kier alpha value is -3.59. The summed E-state index contributed by atoms with van der Waals surface area (Å²) in [5.41, 5.74) is 1.15. The lowest BCUT2D eigenvalue weighted by Gasteiger charge is -2.13. The standard InChI is InChI=1S/C24H14Cl2N2O5S/c25-23-19(15-7-3-1-4-8-15)11-17(27(29)30)13-21(23)34(33)22-14-18(28(31)32)12-20(24(22)26)16-9-5-2-6-10-16/h1-14H. The van der Waals surface area contributed by atoms with Crippen LogP contribution in [0.5, 0.6) is 0 Å². The summed E-state index contributed by atoms with van der Waals surface area (Å²) < 4.78 is 13.7. The topological polar surface area (TPSA) is 103 Å². The van der Waals surface area contributed by atoms with Crippen molar-refractivity contribution < 1.29 is 14.1 Å². The van der Waals surface area contributed by atoms with Crippen molar-refractivity contribution in [1.82, 2.24) is 0 Å². The molecule has 0 aliphatic carbocycles. The molecule has 4 rings (SSSR count). The molecule has 0 aliphatic heterocycles. The van der Waals surface area contributed by atoms with Crippen LogP contribution >= 0.6 is 23.2 Å². The number of nitro benzene ring substituents is 2. The van der Waals surface area contributed by atoms with E-state index in [1.165, 1.54) is 12.1 Å². The van der Waals surface area contributed by atoms with Crippen molar-refractivity contribution in [2.45, 2.75) is 9.79 Å². The zero-order valence-electron chi connectivity index (χ0n) is 17.2. The van der Waals surface area contributed by atoms with E-state index in [1.54, 1.807) is 60.7 Å². The Morgan fingerprint density at radius 1 is 0.618 bits per heavy atom. The van der Waals surface area contributed by atoms with Crippen molar-refractivity contribution in [2.75, 3.05) is 0 Å². The lowest BCUT2D eigenvalue weighted by molar-refractivity contribution is -0.385. The second-order valence-corrected chi connectivity index (χ2v) is 9.30. The van der Waals surface area contributed by atoms with Crippen LogP contribution in [-0.2, 0) is 10.8 Å². The van der Waals surface area contributed by atoms with E-state index in [9.17, 15) is 24.4 Å². The number of nitrogens with zero attached hydrogens (tertiary/aromatic N) is 2. The number of rotatable bonds is 6. The number of halogens is 2. The van der Waals surface area contributed by atoms with Gasteiger partial charge in [0.2, 0.25) is 0 Å². The van der Waals surface area contributed by atoms with Crippen molar-refractivity contribution in [3.05, 3.63) is 115 Å². The highest BCUT2D eigenvalue weighted by Crippen LogP contribution is 2.42. The molecule has 0 saturated carbocycles. The molecule has 0 aliphatic rings. The summed E-state index contributed by atoms with van der Waals surface area (Å²) in [6, 6.07) is 22.2. The maximum atomic E-state index is 13.7. The molecule has 0 aromatic heterocycles. The minimum Gasteiger partial charge on any atom is -0.258 e. The van der Waals surface area contributed by atoms with Gasteiger partial charge in [-0.25, -0.2) is 4.21 Å². The number of nitro groups is 2. The average molecular weight is 513 g/mol. The molecule has 170 valence electrons. The first kappa shape index (κ1) is 23.6. The van der Waals surface area contributed by atoms with Crippen LogP contribution in [0.1, 0.15) is 0 Å². The third kappa shape index (κ3) is 4.56. The van der Waals surface area contributed by atoms with E-state index < -0.39 is 20.6 Å². The summed E-state index contributed by atoms with van der Waals surface area (Å²) in [5, 5.41) is 23.3. The summed E-state index contributed by atoms with van der Waals surface area (Å²) in [4.78, 5) is 21.8. The first-order valence-electron chi connectivity index (χ1n) is 9.76. The van der Waals surface area contributed by atoms with Gasteiger partial charge in [-0.15, -0.1) is 0 Å². The van der Waals surface area contributed by atoms with Gasteiger partial charge in [0.15, 0.2) is 0 Å². The molecule has 0 spiro atoms. The van der Waals surface area contributed by atoms with Crippen LogP contribution in [0.2, 0.25) is 10.0 Å². The van der Waals surface area contributed by atoms with E-state index >= 15 is 0 Å². The predicted molar refractivity (Wildman–Crippen MR) is 132 cm³/mol. The fourth-order valence-electron chi connectivity index (χ4n) is 3.42. The molecule has 0 N–H and O–H groups in total. The van der Waals surface area contributed by atoms with Crippen molar-refractivity contribution in [3.63, 3.8) is 0 Å². The smallest absolute Gasteiger partial charge is 0.258 e. The van der Waals surface area contributed by atoms with Gasteiger partial charge in [-0.05, 0) is 11.1 Å². The molecule has 0 heterocycles. The minimum atomic E-state index is -2.16. The van der Waals surface area contributed by atoms with Crippen molar-refractivity contribution in [2.24, 2.45) is 0 Å². The van der Waals surface area contributed by atoms with Gasteiger partial charge in [0, 0.05) is 35.4 Å². The molecule has 0 atom stereocenters. The van der Waals surface area contributed by atoms with E-state index in [0.717, 1.165) is 12.1 Å². The second kappa shape index (κ2) is 9.72. The third-order valence-electron chi connectivity index (χ3n) is 5.04. The van der Waals surface area contributed by atoms with Crippen molar-refractivity contribution in [3.8, 4) is 22.3 Å². The largest absolute Gasteiger partial charge is 0.271 e. The van der Waals surface area contributed by atoms with Gasteiger partial charge in [-0.2, -0.15) is 0 Å². The Balaban J connectivity index is 1.96. The highest BCUT2D eigenvalue weighted by Gasteiger charge is 2.26. The Kier molecular flexibility index (Phi) is 6.74. The molecule has 4 aromatic carbocycles. The lowest BCUT2D eigenvalue weighted by Crippen LogP contribution is -2.01. The molecule has 10 heteroatoms. The highest BCUT2D eigenvalue weighted by atomic mass is 35.5. The Bertz CT molecular complexity index is 1340. The van der Waals surface area contributed by atoms with Gasteiger partial charge >= 0.3 is 0 Å². The summed E-state index contributed by atoms with van der Waals surface area (Å²) >= 11 is 13.2. The summed E-state index contributed by atoms with van der Waals surface area (Å²) in [6.45, 7) is 0. The predicted octanol–water partition coefficient (Wildman–Crippen LogP) is 7.31. The zero-order chi connectivity index (χ0) is 24.4. The molecule has 0 saturated heterocycles. The quantitative estimate of drug-likeness (QED) is 0.199. The second-order valence-electron chi connectivity index (χ2n) is 7.13. The van der Waals surface area contributed by atoms with Crippen LogP contribution in [0.4, 0.5) is 11.4 Å². The number of benzene rings is 4. The van der Waals surface area contributed by atoms with Crippen LogP contribution in [0.15, 0.2) is 94.7 Å². The van der Waals surface area contributed by atoms with Gasteiger partial charge in [0.1, 0.15) is 0 Å². The van der Waals surface area contributed by atoms with E-state index in [0.29, 0.717) is 22.3 Å². The minimum absolute atomic E-state index is 0.0268. The molecule has 0 radical (unpaired) electrons. The van der Waals surface area contributed by atoms with Crippen LogP contribution in [0, 0.1) is 20.2 Å². The maximum absolute atomic E-state index is 13.7. The van der Waals surface area contributed by atoms with Gasteiger partial charge in [-0.1, -0.05) is 83.9 Å². The fraction of sp³-hybridized carbons (Fsp3) is 0. The SMILES string of the molecule is O=[N+]([O-])c1cc(-c2ccccc2)c(Cl)c(S(=O)c2cc([N+](=O)[O-])cc(-c3ccccc3)c2Cl)c1. The molecular weight excluding hydrogens is 499 g/mol. The Morgan fingerprint density at radius 2 is 0.971 bits per heavy atom. The molecule has 7 nitrogen and oxygen atoms in total. The third-order valence-corrected chi connectivity index (χ3v) is 7.52. The van der Waals surface area contributed by atoms with Gasteiger partial charge in [0.05, 0.1) is 40.5 Å². The molecule has 0 fully saturated rings. The van der Waals surface area contributed by atoms with Crippen LogP contribution in [-0.4, -0.2) is 14.1 Å². The van der Waals surface area contributed by atoms with Crippen molar-refractivity contribution in [1.29, 1.82) is 0 Å². The number of non-ortho nitro benzene ring substituents is 2. The first-order chi connectivity index (χ1) is 16.3. The monoisotopic (exact) mass is 512 g/mol. The number of hydrogen-bond acceptors (Lipinski definition) is 5. The first-order valence-corrected chi connectivity index (χ1v) is 11.7. The van der Waals surface area contributed by atoms with Crippen LogP contribution in [0.3, 0.4) is 0 Å². The molecule has 0 amide bonds. The summed E-state index contributed by atoms with van der Waals surface area (Å²) in [6.07, 6.45) is 0. The zero-order valence-corrected chi connectivity index (χ0v) is 19.5. The summed E-state index contributed by atoms with van der Waals surface area (Å²) in [5.74, 6) is 0. The molecular formula is C24H14Cl2N2O5S. The van der Waals surface area contributed by atoms with Gasteiger partial charge < -0.3 is 0 Å². The fourth-order valence-corrected chi connectivity index (χ4v) is 5.52. The Labute approximate surface area is 206 Å². The highest BCUT2D eigenvalue weighted by molar-refractivity contribution is 7.85. The Morgan fingerprint density at radius 3 is 1.29 bits per heavy atom. The number of hydrogen-bond donors (Lipinski definition) is 0. The van der Waals surface area contributed by atoms with Gasteiger partial charge in [-0.3, -0.25) is 20.2 Å². The summed E-state index contributed by atoms with van der Waals surface area (Å²) in [7, 11) is -2.16. The maximum Gasteiger partial charge on any atom is 0.271 e. The van der Waals surface area contributed by atoms with E-state index in [-0.39, 0.29) is 31.2 Å².